The number of nitrogens with zero attached hydrogens (tertiary/aromatic N) is 1. The second-order valence-electron chi connectivity index (χ2n) is 5.16. The molecule has 1 amide bonds. The minimum atomic E-state index is -0.195. The van der Waals surface area contributed by atoms with Gasteiger partial charge in [0, 0.05) is 6.04 Å². The summed E-state index contributed by atoms with van der Waals surface area (Å²) < 4.78 is 0. The Morgan fingerprint density at radius 1 is 1.39 bits per heavy atom. The number of nitrogens with one attached hydrogen (secondary N) is 2. The average Bonchev–Trinajstić information content (AvgIpc) is 2.67. The van der Waals surface area contributed by atoms with Gasteiger partial charge in [0.1, 0.15) is 0 Å². The van der Waals surface area contributed by atoms with Gasteiger partial charge in [0.15, 0.2) is 5.69 Å². The fourth-order valence-corrected chi connectivity index (χ4v) is 1.78. The maximum atomic E-state index is 12.0. The van der Waals surface area contributed by atoms with Crippen LogP contribution in [0.4, 0.5) is 5.69 Å². The van der Waals surface area contributed by atoms with Crippen LogP contribution in [0.2, 0.25) is 0 Å². The molecule has 18 heavy (non-hydrogen) atoms. The Hall–Kier alpha value is -1.52. The molecular formula is C13H24N4O. The fraction of sp³-hybridized carbons (Fsp3) is 0.692. The third-order valence-corrected chi connectivity index (χ3v) is 3.01. The molecule has 1 aromatic heterocycles. The van der Waals surface area contributed by atoms with E-state index in [1.54, 1.807) is 0 Å². The summed E-state index contributed by atoms with van der Waals surface area (Å²) in [6, 6.07) is 0.140. The molecule has 0 spiro atoms. The lowest BCUT2D eigenvalue weighted by molar-refractivity contribution is 0.0933. The van der Waals surface area contributed by atoms with Crippen molar-refractivity contribution in [2.45, 2.75) is 53.0 Å². The molecular weight excluding hydrogens is 228 g/mol. The molecule has 0 bridgehead atoms. The highest BCUT2D eigenvalue weighted by Crippen LogP contribution is 2.14. The second kappa shape index (κ2) is 6.42. The van der Waals surface area contributed by atoms with Crippen LogP contribution in [0, 0.1) is 5.92 Å². The summed E-state index contributed by atoms with van der Waals surface area (Å²) >= 11 is 0. The molecule has 0 aromatic carbocycles. The third kappa shape index (κ3) is 3.75. The van der Waals surface area contributed by atoms with Crippen LogP contribution < -0.4 is 11.1 Å². The van der Waals surface area contributed by atoms with Crippen molar-refractivity contribution >= 4 is 11.6 Å². The predicted molar refractivity (Wildman–Crippen MR) is 73.4 cm³/mol. The minimum Gasteiger partial charge on any atom is -0.395 e. The van der Waals surface area contributed by atoms with Gasteiger partial charge in [0.25, 0.3) is 5.91 Å². The van der Waals surface area contributed by atoms with Crippen molar-refractivity contribution in [1.82, 2.24) is 15.5 Å². The molecule has 1 atom stereocenters. The Balaban J connectivity index is 2.56. The molecule has 5 nitrogen and oxygen atoms in total. The lowest BCUT2D eigenvalue weighted by Crippen LogP contribution is -2.33. The zero-order valence-electron chi connectivity index (χ0n) is 11.7. The molecule has 1 aromatic rings. The van der Waals surface area contributed by atoms with E-state index >= 15 is 0 Å². The number of nitrogen functional groups attached to an aromatic ring is 1. The SMILES string of the molecule is CCc1[nH]nc(C(=O)NC(C)CCC(C)C)c1N. The normalized spacial score (nSPS) is 12.7. The number of carbonyl (C=O) groups excluding carboxylic acids is 1. The van der Waals surface area contributed by atoms with Gasteiger partial charge < -0.3 is 11.1 Å². The van der Waals surface area contributed by atoms with Crippen LogP contribution in [0.25, 0.3) is 0 Å². The number of amides is 1. The molecule has 1 rings (SSSR count). The van der Waals surface area contributed by atoms with Crippen molar-refractivity contribution in [3.05, 3.63) is 11.4 Å². The number of aryl methyl sites for hydroxylation is 1. The molecule has 1 heterocycles. The third-order valence-electron chi connectivity index (χ3n) is 3.01. The highest BCUT2D eigenvalue weighted by Gasteiger charge is 2.17. The maximum absolute atomic E-state index is 12.0. The van der Waals surface area contributed by atoms with Gasteiger partial charge >= 0.3 is 0 Å². The fourth-order valence-electron chi connectivity index (χ4n) is 1.78. The van der Waals surface area contributed by atoms with Crippen molar-refractivity contribution in [3.8, 4) is 0 Å². The predicted octanol–water partition coefficient (Wildman–Crippen LogP) is 2.11. The summed E-state index contributed by atoms with van der Waals surface area (Å²) in [4.78, 5) is 12.0. The molecule has 5 heteroatoms. The number of carbonyl (C=O) groups is 1. The lowest BCUT2D eigenvalue weighted by Gasteiger charge is -2.14. The molecule has 0 radical (unpaired) electrons. The molecule has 0 aliphatic heterocycles. The zero-order valence-corrected chi connectivity index (χ0v) is 11.7. The van der Waals surface area contributed by atoms with Crippen LogP contribution in [0.1, 0.15) is 56.7 Å². The number of aromatic nitrogens is 2. The van der Waals surface area contributed by atoms with Crippen molar-refractivity contribution < 1.29 is 4.79 Å². The summed E-state index contributed by atoms with van der Waals surface area (Å²) in [5, 5.41) is 9.69. The Morgan fingerprint density at radius 3 is 2.56 bits per heavy atom. The van der Waals surface area contributed by atoms with Crippen LogP contribution in [0.15, 0.2) is 0 Å². The molecule has 0 aliphatic rings. The van der Waals surface area contributed by atoms with Crippen LogP contribution in [-0.4, -0.2) is 22.1 Å². The highest BCUT2D eigenvalue weighted by atomic mass is 16.2. The van der Waals surface area contributed by atoms with E-state index in [0.29, 0.717) is 17.3 Å². The minimum absolute atomic E-state index is 0.140. The molecule has 1 unspecified atom stereocenters. The van der Waals surface area contributed by atoms with E-state index < -0.39 is 0 Å². The van der Waals surface area contributed by atoms with E-state index in [0.717, 1.165) is 25.0 Å². The van der Waals surface area contributed by atoms with Crippen molar-refractivity contribution in [2.75, 3.05) is 5.73 Å². The van der Waals surface area contributed by atoms with Gasteiger partial charge in [-0.2, -0.15) is 5.10 Å². The van der Waals surface area contributed by atoms with Crippen LogP contribution in [-0.2, 0) is 6.42 Å². The van der Waals surface area contributed by atoms with E-state index in [1.165, 1.54) is 0 Å². The molecule has 102 valence electrons. The van der Waals surface area contributed by atoms with Crippen molar-refractivity contribution in [1.29, 1.82) is 0 Å². The summed E-state index contributed by atoms with van der Waals surface area (Å²) in [6.45, 7) is 8.32. The maximum Gasteiger partial charge on any atom is 0.274 e. The molecule has 0 saturated heterocycles. The van der Waals surface area contributed by atoms with Gasteiger partial charge in [-0.15, -0.1) is 0 Å². The quantitative estimate of drug-likeness (QED) is 0.725. The summed E-state index contributed by atoms with van der Waals surface area (Å²) in [7, 11) is 0. The first kappa shape index (κ1) is 14.5. The van der Waals surface area contributed by atoms with E-state index in [9.17, 15) is 4.79 Å². The first-order valence-corrected chi connectivity index (χ1v) is 6.59. The van der Waals surface area contributed by atoms with Crippen molar-refractivity contribution in [3.63, 3.8) is 0 Å². The van der Waals surface area contributed by atoms with Gasteiger partial charge in [0.2, 0.25) is 0 Å². The van der Waals surface area contributed by atoms with E-state index in [-0.39, 0.29) is 11.9 Å². The van der Waals surface area contributed by atoms with Gasteiger partial charge in [0.05, 0.1) is 11.4 Å². The smallest absolute Gasteiger partial charge is 0.274 e. The standard InChI is InChI=1S/C13H24N4O/c1-5-10-11(14)12(17-16-10)13(18)15-9(4)7-6-8(2)3/h8-9H,5-7,14H2,1-4H3,(H,15,18)(H,16,17). The average molecular weight is 252 g/mol. The van der Waals surface area contributed by atoms with Crippen molar-refractivity contribution in [2.24, 2.45) is 5.92 Å². The number of hydrogen-bond acceptors (Lipinski definition) is 3. The van der Waals surface area contributed by atoms with Gasteiger partial charge in [-0.25, -0.2) is 0 Å². The van der Waals surface area contributed by atoms with E-state index in [2.05, 4.69) is 29.4 Å². The van der Waals surface area contributed by atoms with Crippen LogP contribution >= 0.6 is 0 Å². The number of nitrogens with two attached hydrogens (primary N) is 1. The number of rotatable bonds is 6. The number of H-pyrrole nitrogens is 1. The van der Waals surface area contributed by atoms with Gasteiger partial charge in [-0.05, 0) is 32.1 Å². The second-order valence-corrected chi connectivity index (χ2v) is 5.16. The summed E-state index contributed by atoms with van der Waals surface area (Å²) in [5.74, 6) is 0.450. The molecule has 4 N–H and O–H groups in total. The summed E-state index contributed by atoms with van der Waals surface area (Å²) in [5.41, 5.74) is 7.45. The number of aromatic amines is 1. The number of anilines is 1. The summed E-state index contributed by atoms with van der Waals surface area (Å²) in [6.07, 6.45) is 2.81. The lowest BCUT2D eigenvalue weighted by atomic mass is 10.0. The van der Waals surface area contributed by atoms with Gasteiger partial charge in [-0.1, -0.05) is 20.8 Å². The van der Waals surface area contributed by atoms with E-state index in [4.69, 9.17) is 5.73 Å². The largest absolute Gasteiger partial charge is 0.395 e. The molecule has 0 fully saturated rings. The van der Waals surface area contributed by atoms with Gasteiger partial charge in [-0.3, -0.25) is 9.89 Å². The Bertz CT molecular complexity index is 398. The number of hydrogen-bond donors (Lipinski definition) is 3. The first-order chi connectivity index (χ1) is 8.45. The Morgan fingerprint density at radius 2 is 2.06 bits per heavy atom. The van der Waals surface area contributed by atoms with Crippen LogP contribution in [0.5, 0.6) is 0 Å². The Kier molecular flexibility index (Phi) is 5.19. The zero-order chi connectivity index (χ0) is 13.7. The van der Waals surface area contributed by atoms with E-state index in [1.807, 2.05) is 13.8 Å². The Labute approximate surface area is 109 Å². The monoisotopic (exact) mass is 252 g/mol. The topological polar surface area (TPSA) is 83.8 Å². The first-order valence-electron chi connectivity index (χ1n) is 6.59. The highest BCUT2D eigenvalue weighted by molar-refractivity contribution is 5.97. The molecule has 0 aliphatic carbocycles. The molecule has 0 saturated carbocycles. The van der Waals surface area contributed by atoms with Crippen LogP contribution in [0.3, 0.4) is 0 Å².